The first-order chi connectivity index (χ1) is 15.5. The molecular weight excluding hydrogens is 415 g/mol. The average molecular weight is 436 g/mol. The summed E-state index contributed by atoms with van der Waals surface area (Å²) in [5.74, 6) is -0.0115. The van der Waals surface area contributed by atoms with Gasteiger partial charge in [0.05, 0.1) is 19.4 Å². The monoisotopic (exact) mass is 436 g/mol. The Morgan fingerprint density at radius 2 is 1.84 bits per heavy atom. The second kappa shape index (κ2) is 9.03. The van der Waals surface area contributed by atoms with Gasteiger partial charge in [0.15, 0.2) is 0 Å². The molecule has 0 atom stereocenters. The number of benzene rings is 2. The third-order valence-corrected chi connectivity index (χ3v) is 5.10. The third-order valence-electron chi connectivity index (χ3n) is 5.10. The fourth-order valence-electron chi connectivity index (χ4n) is 3.42. The van der Waals surface area contributed by atoms with Crippen molar-refractivity contribution in [3.63, 3.8) is 0 Å². The molecule has 0 aliphatic carbocycles. The van der Waals surface area contributed by atoms with Gasteiger partial charge in [0.1, 0.15) is 23.6 Å². The van der Waals surface area contributed by atoms with Gasteiger partial charge in [-0.3, -0.25) is 9.59 Å². The largest absolute Gasteiger partial charge is 0.497 e. The van der Waals surface area contributed by atoms with Gasteiger partial charge < -0.3 is 19.7 Å². The zero-order valence-corrected chi connectivity index (χ0v) is 17.3. The molecule has 0 aliphatic heterocycles. The molecule has 164 valence electrons. The molecule has 0 saturated carbocycles. The van der Waals surface area contributed by atoms with E-state index in [0.29, 0.717) is 23.4 Å². The number of rotatable bonds is 7. The summed E-state index contributed by atoms with van der Waals surface area (Å²) >= 11 is 0. The van der Waals surface area contributed by atoms with E-state index in [0.717, 1.165) is 11.3 Å². The lowest BCUT2D eigenvalue weighted by atomic mass is 10.1. The molecule has 2 N–H and O–H groups in total. The first-order valence-electron chi connectivity index (χ1n) is 9.87. The fourth-order valence-corrected chi connectivity index (χ4v) is 3.42. The SMILES string of the molecule is COc1ccc(CNC(=O)Cn2ccn3nc(-c4ccc(F)cc4)c(CO)c3c2=O)cc1. The number of amides is 1. The summed E-state index contributed by atoms with van der Waals surface area (Å²) < 4.78 is 21.0. The van der Waals surface area contributed by atoms with Gasteiger partial charge in [-0.25, -0.2) is 8.91 Å². The van der Waals surface area contributed by atoms with E-state index < -0.39 is 18.0 Å². The molecule has 2 aromatic carbocycles. The van der Waals surface area contributed by atoms with Gasteiger partial charge >= 0.3 is 0 Å². The van der Waals surface area contributed by atoms with Gasteiger partial charge in [-0.05, 0) is 42.0 Å². The van der Waals surface area contributed by atoms with Crippen molar-refractivity contribution in [2.24, 2.45) is 0 Å². The van der Waals surface area contributed by atoms with Crippen LogP contribution in [0.3, 0.4) is 0 Å². The normalized spacial score (nSPS) is 11.0. The van der Waals surface area contributed by atoms with E-state index in [1.165, 1.54) is 39.5 Å². The molecule has 32 heavy (non-hydrogen) atoms. The Kier molecular flexibility index (Phi) is 6.00. The Morgan fingerprint density at radius 3 is 2.50 bits per heavy atom. The van der Waals surface area contributed by atoms with Crippen LogP contribution in [0.2, 0.25) is 0 Å². The van der Waals surface area contributed by atoms with Gasteiger partial charge in [-0.2, -0.15) is 5.10 Å². The van der Waals surface area contributed by atoms with Crippen LogP contribution in [0.4, 0.5) is 4.39 Å². The first kappa shape index (κ1) is 21.3. The van der Waals surface area contributed by atoms with Crippen LogP contribution in [0.25, 0.3) is 16.8 Å². The van der Waals surface area contributed by atoms with Gasteiger partial charge in [0.25, 0.3) is 5.56 Å². The lowest BCUT2D eigenvalue weighted by molar-refractivity contribution is -0.121. The number of aliphatic hydroxyl groups excluding tert-OH is 1. The highest BCUT2D eigenvalue weighted by atomic mass is 19.1. The smallest absolute Gasteiger partial charge is 0.277 e. The van der Waals surface area contributed by atoms with Crippen LogP contribution in [0.1, 0.15) is 11.1 Å². The van der Waals surface area contributed by atoms with Crippen LogP contribution >= 0.6 is 0 Å². The average Bonchev–Trinajstić information content (AvgIpc) is 3.20. The number of carbonyl (C=O) groups is 1. The lowest BCUT2D eigenvalue weighted by Gasteiger charge is -2.09. The number of methoxy groups -OCH3 is 1. The second-order valence-corrected chi connectivity index (χ2v) is 7.14. The Hall–Kier alpha value is -3.98. The van der Waals surface area contributed by atoms with E-state index >= 15 is 0 Å². The van der Waals surface area contributed by atoms with Crippen LogP contribution in [0.5, 0.6) is 5.75 Å². The van der Waals surface area contributed by atoms with E-state index in [-0.39, 0.29) is 18.0 Å². The Bertz CT molecular complexity index is 1310. The van der Waals surface area contributed by atoms with E-state index in [4.69, 9.17) is 4.74 Å². The molecule has 2 heterocycles. The van der Waals surface area contributed by atoms with E-state index in [9.17, 15) is 19.1 Å². The third kappa shape index (κ3) is 4.23. The number of nitrogens with one attached hydrogen (secondary N) is 1. The Morgan fingerprint density at radius 1 is 1.12 bits per heavy atom. The number of aromatic nitrogens is 3. The number of hydrogen-bond donors (Lipinski definition) is 2. The van der Waals surface area contributed by atoms with Crippen molar-refractivity contribution in [1.29, 1.82) is 0 Å². The number of halogens is 1. The van der Waals surface area contributed by atoms with Gasteiger partial charge in [-0.1, -0.05) is 12.1 Å². The molecule has 2 aromatic heterocycles. The molecule has 4 aromatic rings. The standard InChI is InChI=1S/C23H21FN4O4/c1-32-18-8-2-15(3-9-18)12-25-20(30)13-27-10-11-28-22(23(27)31)19(14-29)21(26-28)16-4-6-17(24)7-5-16/h2-11,29H,12-14H2,1H3,(H,25,30). The first-order valence-corrected chi connectivity index (χ1v) is 9.87. The maximum atomic E-state index is 13.3. The topological polar surface area (TPSA) is 97.9 Å². The van der Waals surface area contributed by atoms with Crippen molar-refractivity contribution in [1.82, 2.24) is 19.5 Å². The zero-order valence-electron chi connectivity index (χ0n) is 17.3. The molecule has 0 bridgehead atoms. The van der Waals surface area contributed by atoms with Crippen molar-refractivity contribution in [3.05, 3.63) is 88.2 Å². The summed E-state index contributed by atoms with van der Waals surface area (Å²) in [6.07, 6.45) is 3.00. The molecule has 0 saturated heterocycles. The predicted octanol–water partition coefficient (Wildman–Crippen LogP) is 2.12. The summed E-state index contributed by atoms with van der Waals surface area (Å²) in [5, 5.41) is 17.0. The van der Waals surface area contributed by atoms with Crippen molar-refractivity contribution in [2.75, 3.05) is 7.11 Å². The zero-order chi connectivity index (χ0) is 22.7. The number of hydrogen-bond acceptors (Lipinski definition) is 5. The van der Waals surface area contributed by atoms with Gasteiger partial charge in [0.2, 0.25) is 5.91 Å². The predicted molar refractivity (Wildman–Crippen MR) is 116 cm³/mol. The van der Waals surface area contributed by atoms with E-state index in [2.05, 4.69) is 10.4 Å². The summed E-state index contributed by atoms with van der Waals surface area (Å²) in [6.45, 7) is -0.310. The molecule has 1 amide bonds. The second-order valence-electron chi connectivity index (χ2n) is 7.14. The Labute approximate surface area is 182 Å². The van der Waals surface area contributed by atoms with Crippen LogP contribution in [-0.2, 0) is 24.5 Å². The quantitative estimate of drug-likeness (QED) is 0.463. The Balaban J connectivity index is 1.56. The molecule has 0 aliphatic rings. The fraction of sp³-hybridized carbons (Fsp3) is 0.174. The number of aliphatic hydroxyl groups is 1. The number of nitrogens with zero attached hydrogens (tertiary/aromatic N) is 3. The van der Waals surface area contributed by atoms with Gasteiger partial charge in [0, 0.05) is 30.1 Å². The molecule has 9 heteroatoms. The van der Waals surface area contributed by atoms with E-state index in [1.54, 1.807) is 25.4 Å². The van der Waals surface area contributed by atoms with Crippen molar-refractivity contribution in [3.8, 4) is 17.0 Å². The molecule has 0 spiro atoms. The lowest BCUT2D eigenvalue weighted by Crippen LogP contribution is -2.32. The highest BCUT2D eigenvalue weighted by Crippen LogP contribution is 2.25. The van der Waals surface area contributed by atoms with E-state index in [1.807, 2.05) is 12.1 Å². The number of ether oxygens (including phenoxy) is 1. The molecular formula is C23H21FN4O4. The molecule has 0 fully saturated rings. The number of fused-ring (bicyclic) bond motifs is 1. The molecule has 0 unspecified atom stereocenters. The minimum atomic E-state index is -0.461. The van der Waals surface area contributed by atoms with Crippen LogP contribution in [0, 0.1) is 5.82 Å². The summed E-state index contributed by atoms with van der Waals surface area (Å²) in [4.78, 5) is 25.4. The van der Waals surface area contributed by atoms with Gasteiger partial charge in [-0.15, -0.1) is 0 Å². The highest BCUT2D eigenvalue weighted by molar-refractivity contribution is 5.76. The highest BCUT2D eigenvalue weighted by Gasteiger charge is 2.18. The van der Waals surface area contributed by atoms with Crippen molar-refractivity contribution >= 4 is 11.4 Å². The van der Waals surface area contributed by atoms with Crippen molar-refractivity contribution < 1.29 is 19.0 Å². The summed E-state index contributed by atoms with van der Waals surface area (Å²) in [7, 11) is 1.58. The van der Waals surface area contributed by atoms with Crippen LogP contribution < -0.4 is 15.6 Å². The molecule has 0 radical (unpaired) electrons. The maximum absolute atomic E-state index is 13.3. The number of carbonyl (C=O) groups excluding carboxylic acids is 1. The van der Waals surface area contributed by atoms with Crippen LogP contribution in [-0.4, -0.2) is 32.3 Å². The minimum absolute atomic E-state index is 0.164. The summed E-state index contributed by atoms with van der Waals surface area (Å²) in [5.41, 5.74) is 1.86. The van der Waals surface area contributed by atoms with Crippen molar-refractivity contribution in [2.45, 2.75) is 19.7 Å². The summed E-state index contributed by atoms with van der Waals surface area (Å²) in [6, 6.07) is 12.9. The maximum Gasteiger partial charge on any atom is 0.277 e. The molecule has 4 rings (SSSR count). The van der Waals surface area contributed by atoms with Crippen LogP contribution in [0.15, 0.2) is 65.7 Å². The molecule has 8 nitrogen and oxygen atoms in total. The minimum Gasteiger partial charge on any atom is -0.497 e.